The lowest BCUT2D eigenvalue weighted by molar-refractivity contribution is -0.0423. The largest absolute Gasteiger partial charge is 0.383 e. The van der Waals surface area contributed by atoms with Crippen molar-refractivity contribution in [1.82, 2.24) is 0 Å². The molecule has 2 aliphatic heterocycles. The number of alkyl halides is 1. The first-order valence-electron chi connectivity index (χ1n) is 12.8. The van der Waals surface area contributed by atoms with Gasteiger partial charge in [0.15, 0.2) is 0 Å². The van der Waals surface area contributed by atoms with E-state index in [9.17, 15) is 9.46 Å². The zero-order valence-electron chi connectivity index (χ0n) is 21.6. The molecule has 14 heteroatoms. The van der Waals surface area contributed by atoms with Crippen LogP contribution in [0.4, 0.5) is 0 Å². The summed E-state index contributed by atoms with van der Waals surface area (Å²) in [6, 6.07) is 0.281. The Kier molecular flexibility index (Phi) is 14.0. The van der Waals surface area contributed by atoms with Gasteiger partial charge in [-0.1, -0.05) is 60.3 Å². The second-order valence-electron chi connectivity index (χ2n) is 10.6. The molecule has 9 atom stereocenters. The molecule has 0 amide bonds. The molecule has 7 nitrogen and oxygen atoms in total. The monoisotopic (exact) mass is 628 g/mol. The third kappa shape index (κ3) is 11.4. The lowest BCUT2D eigenvalue weighted by Gasteiger charge is -2.21. The van der Waals surface area contributed by atoms with Gasteiger partial charge in [-0.2, -0.15) is 0 Å². The zero-order chi connectivity index (χ0) is 25.5. The Balaban J connectivity index is 1.76. The van der Waals surface area contributed by atoms with Crippen molar-refractivity contribution in [2.24, 2.45) is 0 Å². The maximum atomic E-state index is 11.7. The molecule has 34 heavy (non-hydrogen) atoms. The first kappa shape index (κ1) is 31.5. The van der Waals surface area contributed by atoms with Crippen LogP contribution in [-0.2, 0) is 28.0 Å². The third-order valence-corrected chi connectivity index (χ3v) is 8.58. The van der Waals surface area contributed by atoms with Crippen LogP contribution in [0.25, 0.3) is 0 Å². The first-order chi connectivity index (χ1) is 15.9. The average Bonchev–Trinajstić information content (AvgIpc) is 3.29. The van der Waals surface area contributed by atoms with E-state index in [0.717, 1.165) is 39.5 Å². The highest BCUT2D eigenvalue weighted by molar-refractivity contribution is 14.1. The van der Waals surface area contributed by atoms with Gasteiger partial charge in [-0.05, 0) is 40.5 Å². The van der Waals surface area contributed by atoms with E-state index in [1.807, 2.05) is 13.8 Å². The van der Waals surface area contributed by atoms with Gasteiger partial charge in [-0.15, -0.1) is 0 Å². The minimum atomic E-state index is -3.88. The number of halogens is 1. The van der Waals surface area contributed by atoms with E-state index in [0.29, 0.717) is 24.7 Å². The summed E-state index contributed by atoms with van der Waals surface area (Å²) in [4.78, 5) is 9.57. The van der Waals surface area contributed by atoms with Crippen LogP contribution in [0.1, 0.15) is 54.4 Å². The molecule has 0 aromatic rings. The maximum Gasteiger partial charge on any atom is 0.383 e. The fourth-order valence-electron chi connectivity index (χ4n) is 4.79. The molecule has 2 rings (SSSR count). The van der Waals surface area contributed by atoms with Crippen molar-refractivity contribution >= 4 is 70.3 Å². The molecule has 2 aliphatic rings. The average molecular weight is 628 g/mol. The molecule has 0 aromatic heterocycles. The number of ether oxygens (including phenoxy) is 4. The Labute approximate surface area is 228 Å². The highest BCUT2D eigenvalue weighted by Crippen LogP contribution is 2.50. The van der Waals surface area contributed by atoms with Crippen molar-refractivity contribution < 1.29 is 32.9 Å². The molecule has 0 aliphatic carbocycles. The molecule has 194 valence electrons. The summed E-state index contributed by atoms with van der Waals surface area (Å²) in [5, 5.41) is 0. The van der Waals surface area contributed by atoms with Crippen LogP contribution in [0.15, 0.2) is 0 Å². The number of thiol groups is 1. The Morgan fingerprint density at radius 1 is 0.971 bits per heavy atom. The summed E-state index contributed by atoms with van der Waals surface area (Å²) in [5.41, 5.74) is 0. The van der Waals surface area contributed by atoms with Gasteiger partial charge < -0.3 is 23.8 Å². The summed E-state index contributed by atoms with van der Waals surface area (Å²) in [5.74, 6) is 1.13. The Hall–Kier alpha value is 1.33. The van der Waals surface area contributed by atoms with Gasteiger partial charge in [-0.25, -0.2) is 4.57 Å². The highest BCUT2D eigenvalue weighted by Gasteiger charge is 2.40. The third-order valence-electron chi connectivity index (χ3n) is 6.88. The van der Waals surface area contributed by atoms with Gasteiger partial charge in [0.25, 0.3) is 0 Å². The summed E-state index contributed by atoms with van der Waals surface area (Å²) < 4.78 is 42.2. The normalized spacial score (nSPS) is 33.0. The van der Waals surface area contributed by atoms with Crippen LogP contribution < -0.4 is 0 Å². The SMILES string of the molecule is CC(C)OCC1OC(BB[C@@H](C)[C@@H](C)BBC2CC(OC(C)C)C(CI)O2)CC1OP(=O)(O)S. The summed E-state index contributed by atoms with van der Waals surface area (Å²) in [6.07, 6.45) is 1.46. The molecule has 0 radical (unpaired) electrons. The zero-order valence-corrected chi connectivity index (χ0v) is 25.5. The van der Waals surface area contributed by atoms with Crippen molar-refractivity contribution in [1.29, 1.82) is 0 Å². The van der Waals surface area contributed by atoms with Gasteiger partial charge in [0, 0.05) is 16.4 Å². The quantitative estimate of drug-likeness (QED) is 0.0950. The van der Waals surface area contributed by atoms with Gasteiger partial charge >= 0.3 is 6.80 Å². The summed E-state index contributed by atoms with van der Waals surface area (Å²) in [6.45, 7) is 9.17. The standard InChI is InChI=1S/C20H42B4IO7PS/c1-11(2)28-10-18-16(32-33(26,27)34)8-20(31-18)24-22-14(6)13(5)21-23-19-7-15(29-12(3)4)17(9-25)30-19/h11-24H,7-10H2,1-6H3,(H2,26,27,34)/t13-,14+,15?,16?,17?,18?,19?,20?/m1/s1. The molecule has 2 heterocycles. The van der Waals surface area contributed by atoms with Crippen molar-refractivity contribution in [3.8, 4) is 0 Å². The van der Waals surface area contributed by atoms with Crippen LogP contribution in [0, 0.1) is 0 Å². The van der Waals surface area contributed by atoms with E-state index in [-0.39, 0.29) is 42.5 Å². The van der Waals surface area contributed by atoms with E-state index < -0.39 is 12.9 Å². The number of hydrogen-bond acceptors (Lipinski definition) is 6. The topological polar surface area (TPSA) is 83.5 Å². The second kappa shape index (κ2) is 15.1. The number of hydrogen-bond donors (Lipinski definition) is 2. The van der Waals surface area contributed by atoms with E-state index >= 15 is 0 Å². The molecular formula is C20H42B4IO7PS. The Bertz CT molecular complexity index is 650. The Morgan fingerprint density at radius 3 is 1.97 bits per heavy atom. The summed E-state index contributed by atoms with van der Waals surface area (Å²) in [7, 11) is 4.13. The number of rotatable bonds is 15. The van der Waals surface area contributed by atoms with E-state index in [4.69, 9.17) is 23.5 Å². The summed E-state index contributed by atoms with van der Waals surface area (Å²) >= 11 is 6.08. The first-order valence-corrected chi connectivity index (χ1v) is 17.0. The van der Waals surface area contributed by atoms with Crippen molar-refractivity contribution in [2.45, 2.75) is 115 Å². The predicted octanol–water partition coefficient (Wildman–Crippen LogP) is 2.48. The fraction of sp³-hybridized carbons (Fsp3) is 1.00. The molecule has 0 spiro atoms. The maximum absolute atomic E-state index is 11.7. The van der Waals surface area contributed by atoms with Crippen molar-refractivity contribution in [2.75, 3.05) is 11.0 Å². The molecule has 1 N–H and O–H groups in total. The van der Waals surface area contributed by atoms with Crippen LogP contribution in [-0.4, -0.2) is 93.2 Å². The minimum absolute atomic E-state index is 0.00295. The van der Waals surface area contributed by atoms with Crippen molar-refractivity contribution in [3.05, 3.63) is 0 Å². The molecule has 7 unspecified atom stereocenters. The highest BCUT2D eigenvalue weighted by atomic mass is 127. The lowest BCUT2D eigenvalue weighted by atomic mass is 9.23. The van der Waals surface area contributed by atoms with Gasteiger partial charge in [-0.3, -0.25) is 4.52 Å². The smallest absolute Gasteiger partial charge is 0.381 e. The minimum Gasteiger partial charge on any atom is -0.381 e. The van der Waals surface area contributed by atoms with Gasteiger partial charge in [0.1, 0.15) is 20.4 Å². The lowest BCUT2D eigenvalue weighted by Crippen LogP contribution is -2.31. The molecule has 2 saturated heterocycles. The van der Waals surface area contributed by atoms with Crippen LogP contribution in [0.2, 0.25) is 11.6 Å². The van der Waals surface area contributed by atoms with Crippen LogP contribution >= 0.6 is 41.6 Å². The second-order valence-corrected chi connectivity index (χ2v) is 14.2. The fourth-order valence-corrected chi connectivity index (χ4v) is 6.50. The molecule has 0 saturated carbocycles. The van der Waals surface area contributed by atoms with E-state index in [1.54, 1.807) is 0 Å². The molecule has 0 aromatic carbocycles. The van der Waals surface area contributed by atoms with Crippen LogP contribution in [0.3, 0.4) is 0 Å². The van der Waals surface area contributed by atoms with Gasteiger partial charge in [0.2, 0.25) is 0 Å². The van der Waals surface area contributed by atoms with Gasteiger partial charge in [0.05, 0.1) is 51.5 Å². The van der Waals surface area contributed by atoms with E-state index in [1.165, 1.54) is 0 Å². The van der Waals surface area contributed by atoms with E-state index in [2.05, 4.69) is 62.5 Å². The Morgan fingerprint density at radius 2 is 1.50 bits per heavy atom. The van der Waals surface area contributed by atoms with Crippen molar-refractivity contribution in [3.63, 3.8) is 0 Å². The molecule has 0 bridgehead atoms. The predicted molar refractivity (Wildman–Crippen MR) is 158 cm³/mol. The van der Waals surface area contributed by atoms with Crippen LogP contribution in [0.5, 0.6) is 0 Å². The molecular weight excluding hydrogens is 585 g/mol. The molecule has 2 fully saturated rings.